The molecular weight excluding hydrogens is 287 g/mol. The quantitative estimate of drug-likeness (QED) is 0.920. The van der Waals surface area contributed by atoms with Crippen molar-refractivity contribution >= 4 is 5.91 Å². The molecule has 1 aromatic rings. The molecule has 0 bridgehead atoms. The lowest BCUT2D eigenvalue weighted by atomic mass is 10.1. The molecule has 0 atom stereocenters. The first-order valence-corrected chi connectivity index (χ1v) is 6.56. The highest BCUT2D eigenvalue weighted by Gasteiger charge is 2.30. The molecule has 2 rings (SSSR count). The van der Waals surface area contributed by atoms with Gasteiger partial charge in [-0.3, -0.25) is 4.79 Å². The molecule has 1 aliphatic rings. The number of amides is 1. The lowest BCUT2D eigenvalue weighted by Crippen LogP contribution is -2.43. The molecule has 0 saturated carbocycles. The van der Waals surface area contributed by atoms with E-state index in [0.29, 0.717) is 25.9 Å². The summed E-state index contributed by atoms with van der Waals surface area (Å²) in [7, 11) is 0. The van der Waals surface area contributed by atoms with Crippen molar-refractivity contribution in [2.45, 2.75) is 25.1 Å². The van der Waals surface area contributed by atoms with Crippen LogP contribution in [0.2, 0.25) is 0 Å². The maximum Gasteiger partial charge on any atom is 0.422 e. The number of ether oxygens (including phenoxy) is 1. The molecule has 0 unspecified atom stereocenters. The Morgan fingerprint density at radius 3 is 2.71 bits per heavy atom. The van der Waals surface area contributed by atoms with Gasteiger partial charge in [-0.15, -0.1) is 0 Å². The van der Waals surface area contributed by atoms with Gasteiger partial charge in [-0.05, 0) is 25.0 Å². The number of halogens is 3. The first-order valence-electron chi connectivity index (χ1n) is 6.56. The van der Waals surface area contributed by atoms with Crippen molar-refractivity contribution in [3.05, 3.63) is 24.0 Å². The summed E-state index contributed by atoms with van der Waals surface area (Å²) in [6, 6.07) is 2.79. The summed E-state index contributed by atoms with van der Waals surface area (Å²) >= 11 is 0. The Morgan fingerprint density at radius 1 is 1.43 bits per heavy atom. The second-order valence-electron chi connectivity index (χ2n) is 4.88. The monoisotopic (exact) mass is 303 g/mol. The number of rotatable bonds is 3. The number of alkyl halides is 3. The van der Waals surface area contributed by atoms with Crippen molar-refractivity contribution in [3.8, 4) is 5.75 Å². The Kier molecular flexibility index (Phi) is 4.66. The van der Waals surface area contributed by atoms with E-state index >= 15 is 0 Å². The first-order chi connectivity index (χ1) is 9.87. The summed E-state index contributed by atoms with van der Waals surface area (Å²) in [6.45, 7) is -0.519. The molecular formula is C13H16F3N3O2. The standard InChI is InChI=1S/C13H16F3N3O2/c14-13(15,16)8-21-10-2-1-5-18-11(10)12(20)19-6-3-9(17)4-7-19/h1-2,5,9H,3-4,6-8,17H2. The van der Waals surface area contributed by atoms with Crippen LogP contribution in [-0.4, -0.2) is 47.7 Å². The highest BCUT2D eigenvalue weighted by molar-refractivity contribution is 5.95. The lowest BCUT2D eigenvalue weighted by Gasteiger charge is -2.30. The molecule has 2 N–H and O–H groups in total. The largest absolute Gasteiger partial charge is 0.482 e. The summed E-state index contributed by atoms with van der Waals surface area (Å²) in [4.78, 5) is 17.7. The predicted octanol–water partition coefficient (Wildman–Crippen LogP) is 1.59. The number of aromatic nitrogens is 1. The van der Waals surface area contributed by atoms with Gasteiger partial charge in [-0.1, -0.05) is 0 Å². The molecule has 0 spiro atoms. The second-order valence-corrected chi connectivity index (χ2v) is 4.88. The van der Waals surface area contributed by atoms with E-state index < -0.39 is 18.7 Å². The van der Waals surface area contributed by atoms with E-state index in [4.69, 9.17) is 5.73 Å². The molecule has 1 aromatic heterocycles. The summed E-state index contributed by atoms with van der Waals surface area (Å²) < 4.78 is 41.3. The molecule has 0 aliphatic carbocycles. The fourth-order valence-electron chi connectivity index (χ4n) is 2.08. The topological polar surface area (TPSA) is 68.5 Å². The minimum Gasteiger partial charge on any atom is -0.482 e. The average Bonchev–Trinajstić information content (AvgIpc) is 2.45. The van der Waals surface area contributed by atoms with Crippen LogP contribution < -0.4 is 10.5 Å². The normalized spacial score (nSPS) is 16.9. The molecule has 21 heavy (non-hydrogen) atoms. The van der Waals surface area contributed by atoms with Crippen LogP contribution in [0.25, 0.3) is 0 Å². The van der Waals surface area contributed by atoms with Crippen molar-refractivity contribution in [2.24, 2.45) is 5.73 Å². The Morgan fingerprint density at radius 2 is 2.10 bits per heavy atom. The number of carbonyl (C=O) groups is 1. The van der Waals surface area contributed by atoms with Crippen LogP contribution in [0.4, 0.5) is 13.2 Å². The minimum atomic E-state index is -4.46. The zero-order valence-corrected chi connectivity index (χ0v) is 11.3. The minimum absolute atomic E-state index is 0.0544. The van der Waals surface area contributed by atoms with Gasteiger partial charge in [0.1, 0.15) is 0 Å². The van der Waals surface area contributed by atoms with Crippen LogP contribution in [-0.2, 0) is 0 Å². The van der Waals surface area contributed by atoms with E-state index in [9.17, 15) is 18.0 Å². The summed E-state index contributed by atoms with van der Waals surface area (Å²) in [5, 5.41) is 0. The summed E-state index contributed by atoms with van der Waals surface area (Å²) in [5.41, 5.74) is 5.66. The predicted molar refractivity (Wildman–Crippen MR) is 68.9 cm³/mol. The maximum atomic E-state index is 12.3. The van der Waals surface area contributed by atoms with Crippen molar-refractivity contribution in [1.82, 2.24) is 9.88 Å². The molecule has 0 radical (unpaired) electrons. The van der Waals surface area contributed by atoms with E-state index in [0.717, 1.165) is 0 Å². The van der Waals surface area contributed by atoms with Crippen molar-refractivity contribution in [2.75, 3.05) is 19.7 Å². The van der Waals surface area contributed by atoms with Crippen LogP contribution in [0.1, 0.15) is 23.3 Å². The van der Waals surface area contributed by atoms with E-state index in [1.807, 2.05) is 0 Å². The van der Waals surface area contributed by atoms with Gasteiger partial charge in [0, 0.05) is 25.3 Å². The molecule has 1 saturated heterocycles. The first kappa shape index (κ1) is 15.6. The van der Waals surface area contributed by atoms with Gasteiger partial charge in [-0.2, -0.15) is 13.2 Å². The zero-order valence-electron chi connectivity index (χ0n) is 11.3. The van der Waals surface area contributed by atoms with Crippen LogP contribution in [0.15, 0.2) is 18.3 Å². The van der Waals surface area contributed by atoms with Gasteiger partial charge < -0.3 is 15.4 Å². The number of hydrogen-bond donors (Lipinski definition) is 1. The van der Waals surface area contributed by atoms with Crippen LogP contribution in [0.5, 0.6) is 5.75 Å². The number of nitrogens with two attached hydrogens (primary N) is 1. The molecule has 1 fully saturated rings. The SMILES string of the molecule is NC1CCN(C(=O)c2ncccc2OCC(F)(F)F)CC1. The van der Waals surface area contributed by atoms with Crippen molar-refractivity contribution in [1.29, 1.82) is 0 Å². The molecule has 5 nitrogen and oxygen atoms in total. The fourth-order valence-corrected chi connectivity index (χ4v) is 2.08. The number of likely N-dealkylation sites (tertiary alicyclic amines) is 1. The van der Waals surface area contributed by atoms with E-state index in [-0.39, 0.29) is 17.5 Å². The van der Waals surface area contributed by atoms with Crippen LogP contribution >= 0.6 is 0 Å². The van der Waals surface area contributed by atoms with Crippen molar-refractivity contribution in [3.63, 3.8) is 0 Å². The average molecular weight is 303 g/mol. The number of hydrogen-bond acceptors (Lipinski definition) is 4. The smallest absolute Gasteiger partial charge is 0.422 e. The molecule has 8 heteroatoms. The van der Waals surface area contributed by atoms with E-state index in [1.165, 1.54) is 23.2 Å². The maximum absolute atomic E-state index is 12.3. The highest BCUT2D eigenvalue weighted by Crippen LogP contribution is 2.22. The zero-order chi connectivity index (χ0) is 15.5. The number of carbonyl (C=O) groups excluding carboxylic acids is 1. The molecule has 1 aliphatic heterocycles. The molecule has 2 heterocycles. The van der Waals surface area contributed by atoms with Crippen LogP contribution in [0, 0.1) is 0 Å². The van der Waals surface area contributed by atoms with Gasteiger partial charge in [0.2, 0.25) is 0 Å². The van der Waals surface area contributed by atoms with Gasteiger partial charge in [0.15, 0.2) is 18.1 Å². The summed E-state index contributed by atoms with van der Waals surface area (Å²) in [5.74, 6) is -0.589. The van der Waals surface area contributed by atoms with Crippen molar-refractivity contribution < 1.29 is 22.7 Å². The Bertz CT molecular complexity index is 500. The molecule has 116 valence electrons. The van der Waals surface area contributed by atoms with Gasteiger partial charge in [0.25, 0.3) is 5.91 Å². The molecule has 0 aromatic carbocycles. The highest BCUT2D eigenvalue weighted by atomic mass is 19.4. The Labute approximate surface area is 119 Å². The molecule has 1 amide bonds. The number of pyridine rings is 1. The third kappa shape index (κ3) is 4.32. The van der Waals surface area contributed by atoms with Gasteiger partial charge in [-0.25, -0.2) is 4.98 Å². The van der Waals surface area contributed by atoms with Gasteiger partial charge in [0.05, 0.1) is 0 Å². The summed E-state index contributed by atoms with van der Waals surface area (Å²) in [6.07, 6.45) is -1.79. The Hall–Kier alpha value is -1.83. The Balaban J connectivity index is 2.10. The third-order valence-electron chi connectivity index (χ3n) is 3.19. The number of piperidine rings is 1. The van der Waals surface area contributed by atoms with E-state index in [2.05, 4.69) is 9.72 Å². The van der Waals surface area contributed by atoms with Gasteiger partial charge >= 0.3 is 6.18 Å². The second kappa shape index (κ2) is 6.30. The lowest BCUT2D eigenvalue weighted by molar-refractivity contribution is -0.153. The number of nitrogens with zero attached hydrogens (tertiary/aromatic N) is 2. The third-order valence-corrected chi connectivity index (χ3v) is 3.19. The fraction of sp³-hybridized carbons (Fsp3) is 0.538. The van der Waals surface area contributed by atoms with Crippen LogP contribution in [0.3, 0.4) is 0 Å². The van der Waals surface area contributed by atoms with E-state index in [1.54, 1.807) is 0 Å².